The van der Waals surface area contributed by atoms with E-state index in [9.17, 15) is 14.5 Å². The second-order valence-corrected chi connectivity index (χ2v) is 7.85. The van der Waals surface area contributed by atoms with E-state index < -0.39 is 34.2 Å². The molecule has 1 fully saturated rings. The van der Waals surface area contributed by atoms with Crippen LogP contribution in [0.25, 0.3) is 0 Å². The van der Waals surface area contributed by atoms with Crippen LogP contribution in [0.5, 0.6) is 5.75 Å². The Balaban J connectivity index is 0.00000220. The molecular weight excluding hydrogens is 285 g/mol. The van der Waals surface area contributed by atoms with Crippen molar-refractivity contribution in [3.05, 3.63) is 29.8 Å². The summed E-state index contributed by atoms with van der Waals surface area (Å²) in [5, 5.41) is 11.2. The van der Waals surface area contributed by atoms with E-state index in [0.29, 0.717) is 5.75 Å². The Bertz CT molecular complexity index is 503. The summed E-state index contributed by atoms with van der Waals surface area (Å²) < 4.78 is 18.4. The third-order valence-electron chi connectivity index (χ3n) is 3.17. The Hall–Kier alpha value is -0.643. The number of methoxy groups -OCH3 is 1. The minimum atomic E-state index is -1.39. The summed E-state index contributed by atoms with van der Waals surface area (Å²) in [6, 6.07) is 5.88. The molecular formula is C14H18LiNO4S. The van der Waals surface area contributed by atoms with Gasteiger partial charge in [0, 0.05) is 11.4 Å². The standard InChI is InChI=1S/C14H19NO4S.Li/c1-14(2,3)20(18)15-11(12(15)13(16)17)9-5-7-10(19-4)8-6-9;/h5-8,11-12H,1-4H3,(H,16,17);/q;+1/p-1/t11-,12-,15?,20?;/m0./s1. The fourth-order valence-corrected chi connectivity index (χ4v) is 3.53. The number of ether oxygens (including phenoxy) is 1. The van der Waals surface area contributed by atoms with Crippen molar-refractivity contribution < 1.29 is 38.1 Å². The quantitative estimate of drug-likeness (QED) is 0.353. The van der Waals surface area contributed by atoms with Gasteiger partial charge in [0.2, 0.25) is 0 Å². The van der Waals surface area contributed by atoms with E-state index in [1.165, 1.54) is 4.31 Å². The summed E-state index contributed by atoms with van der Waals surface area (Å²) in [6.07, 6.45) is 0. The monoisotopic (exact) mass is 303 g/mol. The van der Waals surface area contributed by atoms with Gasteiger partial charge in [-0.05, 0) is 38.5 Å². The molecule has 1 aromatic rings. The van der Waals surface area contributed by atoms with Gasteiger partial charge in [-0.2, -0.15) is 0 Å². The fraction of sp³-hybridized carbons (Fsp3) is 0.500. The Morgan fingerprint density at radius 2 is 1.81 bits per heavy atom. The fourth-order valence-electron chi connectivity index (χ4n) is 2.10. The molecule has 1 aliphatic heterocycles. The van der Waals surface area contributed by atoms with Crippen molar-refractivity contribution in [1.29, 1.82) is 0 Å². The van der Waals surface area contributed by atoms with Gasteiger partial charge in [-0.3, -0.25) is 0 Å². The van der Waals surface area contributed by atoms with E-state index in [1.807, 2.05) is 20.8 Å². The normalized spacial score (nSPS) is 25.7. The average molecular weight is 303 g/mol. The van der Waals surface area contributed by atoms with Crippen LogP contribution in [-0.4, -0.2) is 32.7 Å². The Kier molecular flexibility index (Phi) is 5.81. The van der Waals surface area contributed by atoms with Crippen LogP contribution < -0.4 is 28.7 Å². The van der Waals surface area contributed by atoms with Gasteiger partial charge in [0.1, 0.15) is 22.6 Å². The first-order chi connectivity index (χ1) is 9.27. The molecule has 5 nitrogen and oxygen atoms in total. The van der Waals surface area contributed by atoms with Gasteiger partial charge in [0.15, 0.2) is 0 Å². The van der Waals surface area contributed by atoms with Crippen LogP contribution in [0.1, 0.15) is 32.4 Å². The molecule has 0 radical (unpaired) electrons. The number of carbonyl (C=O) groups excluding carboxylic acids is 1. The minimum Gasteiger partial charge on any atom is -0.597 e. The maximum absolute atomic E-state index is 12.4. The van der Waals surface area contributed by atoms with E-state index in [1.54, 1.807) is 31.4 Å². The van der Waals surface area contributed by atoms with E-state index in [4.69, 9.17) is 4.74 Å². The number of nitrogens with zero attached hydrogens (tertiary/aromatic N) is 1. The smallest absolute Gasteiger partial charge is 0.597 e. The molecule has 0 N–H and O–H groups in total. The van der Waals surface area contributed by atoms with E-state index in [-0.39, 0.29) is 18.9 Å². The number of benzene rings is 1. The zero-order valence-electron chi connectivity index (χ0n) is 13.0. The van der Waals surface area contributed by atoms with Gasteiger partial charge in [-0.15, -0.1) is 4.31 Å². The van der Waals surface area contributed by atoms with Crippen LogP contribution in [0.2, 0.25) is 0 Å². The average Bonchev–Trinajstić information content (AvgIpc) is 3.12. The van der Waals surface area contributed by atoms with Gasteiger partial charge < -0.3 is 19.2 Å². The summed E-state index contributed by atoms with van der Waals surface area (Å²) in [5.41, 5.74) is 0.803. The topological polar surface area (TPSA) is 75.4 Å². The summed E-state index contributed by atoms with van der Waals surface area (Å²) in [4.78, 5) is 11.2. The molecule has 110 valence electrons. The van der Waals surface area contributed by atoms with Crippen molar-refractivity contribution >= 4 is 17.3 Å². The van der Waals surface area contributed by atoms with Gasteiger partial charge in [-0.1, -0.05) is 12.1 Å². The molecule has 0 bridgehead atoms. The van der Waals surface area contributed by atoms with Gasteiger partial charge in [0.25, 0.3) is 0 Å². The van der Waals surface area contributed by atoms with E-state index in [2.05, 4.69) is 0 Å². The van der Waals surface area contributed by atoms with Gasteiger partial charge in [0.05, 0.1) is 13.1 Å². The molecule has 0 spiro atoms. The Labute approximate surface area is 140 Å². The molecule has 0 aromatic heterocycles. The summed E-state index contributed by atoms with van der Waals surface area (Å²) in [5.74, 6) is -0.494. The van der Waals surface area contributed by atoms with Crippen molar-refractivity contribution in [2.24, 2.45) is 0 Å². The predicted octanol–water partition coefficient (Wildman–Crippen LogP) is -2.36. The van der Waals surface area contributed by atoms with Crippen molar-refractivity contribution in [3.8, 4) is 5.75 Å². The summed E-state index contributed by atoms with van der Waals surface area (Å²) in [6.45, 7) is 5.45. The minimum absolute atomic E-state index is 0. The second kappa shape index (κ2) is 6.63. The molecule has 1 heterocycles. The van der Waals surface area contributed by atoms with Crippen molar-refractivity contribution in [2.75, 3.05) is 7.11 Å². The van der Waals surface area contributed by atoms with Crippen molar-refractivity contribution in [3.63, 3.8) is 0 Å². The second-order valence-electron chi connectivity index (χ2n) is 5.70. The maximum atomic E-state index is 12.4. The molecule has 21 heavy (non-hydrogen) atoms. The van der Waals surface area contributed by atoms with E-state index in [0.717, 1.165) is 5.56 Å². The van der Waals surface area contributed by atoms with Crippen molar-refractivity contribution in [2.45, 2.75) is 37.6 Å². The van der Waals surface area contributed by atoms with Crippen LogP contribution in [0, 0.1) is 0 Å². The van der Waals surface area contributed by atoms with Gasteiger partial charge >= 0.3 is 18.9 Å². The Morgan fingerprint density at radius 3 is 2.19 bits per heavy atom. The van der Waals surface area contributed by atoms with E-state index >= 15 is 0 Å². The van der Waals surface area contributed by atoms with Crippen LogP contribution in [0.15, 0.2) is 24.3 Å². The van der Waals surface area contributed by atoms with Crippen LogP contribution >= 0.6 is 0 Å². The third kappa shape index (κ3) is 3.76. The predicted molar refractivity (Wildman–Crippen MR) is 74.3 cm³/mol. The van der Waals surface area contributed by atoms with Crippen molar-refractivity contribution in [1.82, 2.24) is 4.31 Å². The summed E-state index contributed by atoms with van der Waals surface area (Å²) in [7, 11) is 1.57. The first-order valence-corrected chi connectivity index (χ1v) is 7.43. The number of carboxylic acids is 1. The molecule has 0 aliphatic carbocycles. The molecule has 0 amide bonds. The Morgan fingerprint density at radius 1 is 1.29 bits per heavy atom. The molecule has 7 heteroatoms. The molecule has 2 rings (SSSR count). The first-order valence-electron chi connectivity index (χ1n) is 6.32. The number of carbonyl (C=O) groups is 1. The third-order valence-corrected chi connectivity index (χ3v) is 5.06. The number of rotatable bonds is 4. The molecule has 4 atom stereocenters. The zero-order valence-corrected chi connectivity index (χ0v) is 13.8. The molecule has 1 saturated heterocycles. The first kappa shape index (κ1) is 18.4. The van der Waals surface area contributed by atoms with Gasteiger partial charge in [-0.25, -0.2) is 0 Å². The summed E-state index contributed by atoms with van der Waals surface area (Å²) >= 11 is -1.39. The van der Waals surface area contributed by atoms with Crippen LogP contribution in [0.4, 0.5) is 0 Å². The van der Waals surface area contributed by atoms with Crippen LogP contribution in [-0.2, 0) is 16.2 Å². The number of hydrogen-bond acceptors (Lipinski definition) is 5. The van der Waals surface area contributed by atoms with Crippen LogP contribution in [0.3, 0.4) is 0 Å². The molecule has 1 aliphatic rings. The number of aliphatic carboxylic acids is 1. The molecule has 1 aromatic carbocycles. The SMILES string of the molecule is COc1ccc([C@H]2[C@@H](C(=O)[O-])N2[S+]([O-])C(C)(C)C)cc1.[Li+]. The number of hydrogen-bond donors (Lipinski definition) is 0. The molecule has 2 unspecified atom stereocenters. The zero-order chi connectivity index (χ0) is 15.1. The molecule has 0 saturated carbocycles. The maximum Gasteiger partial charge on any atom is 1.00 e. The largest absolute Gasteiger partial charge is 1.00 e. The number of carboxylic acid groups (broad SMARTS) is 1.